The van der Waals surface area contributed by atoms with Crippen LogP contribution in [0.15, 0.2) is 0 Å². The van der Waals surface area contributed by atoms with Crippen molar-refractivity contribution in [2.45, 2.75) is 97.2 Å². The second kappa shape index (κ2) is 14.3. The molecule has 1 aliphatic heterocycles. The van der Waals surface area contributed by atoms with E-state index in [4.69, 9.17) is 4.74 Å². The number of hydrogen-bond donors (Lipinski definition) is 0. The van der Waals surface area contributed by atoms with E-state index in [2.05, 4.69) is 4.74 Å². The zero-order valence-electron chi connectivity index (χ0n) is 13.7. The Morgan fingerprint density at radius 2 is 1.11 bits per heavy atom. The summed E-state index contributed by atoms with van der Waals surface area (Å²) in [7, 11) is 1.68. The maximum atomic E-state index is 5.28. The number of methoxy groups -OCH3 is 1. The molecule has 1 saturated heterocycles. The Labute approximate surface area is 121 Å². The number of rotatable bonds is 1. The molecule has 2 heteroatoms. The zero-order valence-corrected chi connectivity index (χ0v) is 13.7. The maximum absolute atomic E-state index is 5.28. The van der Waals surface area contributed by atoms with E-state index in [0.29, 0.717) is 12.2 Å². The van der Waals surface area contributed by atoms with Crippen molar-refractivity contribution in [1.82, 2.24) is 0 Å². The summed E-state index contributed by atoms with van der Waals surface area (Å²) in [5, 5.41) is 0. The molecule has 2 unspecified atom stereocenters. The first-order valence-corrected chi connectivity index (χ1v) is 8.53. The minimum Gasteiger partial charge on any atom is -0.385 e. The third kappa shape index (κ3) is 11.4. The molecule has 0 radical (unpaired) electrons. The number of ether oxygens (including phenoxy) is 2. The molecular weight excluding hydrogens is 236 g/mol. The van der Waals surface area contributed by atoms with E-state index in [1.807, 2.05) is 20.8 Å². The van der Waals surface area contributed by atoms with Crippen LogP contribution in [0.2, 0.25) is 0 Å². The zero-order chi connectivity index (χ0) is 14.3. The topological polar surface area (TPSA) is 21.8 Å². The van der Waals surface area contributed by atoms with Crippen LogP contribution in [-0.2, 0) is 9.47 Å². The van der Waals surface area contributed by atoms with Crippen LogP contribution in [0.5, 0.6) is 0 Å². The van der Waals surface area contributed by atoms with Gasteiger partial charge >= 0.3 is 0 Å². The quantitative estimate of drug-likeness (QED) is 0.600. The van der Waals surface area contributed by atoms with Gasteiger partial charge in [-0.3, -0.25) is 0 Å². The first-order chi connectivity index (χ1) is 9.38. The van der Waals surface area contributed by atoms with Crippen LogP contribution < -0.4 is 0 Å². The van der Waals surface area contributed by atoms with Crippen molar-refractivity contribution < 1.29 is 9.47 Å². The Balaban J connectivity index is 0.000000250. The van der Waals surface area contributed by atoms with Crippen molar-refractivity contribution in [1.29, 1.82) is 0 Å². The molecule has 0 bridgehead atoms. The van der Waals surface area contributed by atoms with E-state index in [1.165, 1.54) is 64.2 Å². The number of epoxide rings is 1. The highest BCUT2D eigenvalue weighted by atomic mass is 16.6. The van der Waals surface area contributed by atoms with Gasteiger partial charge in [-0.05, 0) is 19.8 Å². The summed E-state index contributed by atoms with van der Waals surface area (Å²) in [6, 6.07) is 0. The van der Waals surface area contributed by atoms with Gasteiger partial charge in [0.15, 0.2) is 0 Å². The van der Waals surface area contributed by atoms with Gasteiger partial charge in [0.2, 0.25) is 0 Å². The van der Waals surface area contributed by atoms with Crippen molar-refractivity contribution >= 4 is 0 Å². The molecule has 19 heavy (non-hydrogen) atoms. The fourth-order valence-electron chi connectivity index (χ4n) is 2.44. The van der Waals surface area contributed by atoms with Gasteiger partial charge in [-0.1, -0.05) is 65.2 Å². The normalized spacial score (nSPS) is 27.2. The van der Waals surface area contributed by atoms with Gasteiger partial charge in [0.25, 0.3) is 0 Å². The molecule has 2 nitrogen and oxygen atoms in total. The van der Waals surface area contributed by atoms with Crippen LogP contribution in [0.25, 0.3) is 0 Å². The van der Waals surface area contributed by atoms with E-state index in [0.717, 1.165) is 6.61 Å². The minimum absolute atomic E-state index is 0.703. The maximum Gasteiger partial charge on any atom is 0.0841 e. The average molecular weight is 272 g/mol. The molecule has 1 heterocycles. The Morgan fingerprint density at radius 1 is 0.789 bits per heavy atom. The Morgan fingerprint density at radius 3 is 1.32 bits per heavy atom. The highest BCUT2D eigenvalue weighted by Gasteiger charge is 2.39. The summed E-state index contributed by atoms with van der Waals surface area (Å²) < 4.78 is 9.82. The van der Waals surface area contributed by atoms with E-state index < -0.39 is 0 Å². The first-order valence-electron chi connectivity index (χ1n) is 8.53. The highest BCUT2D eigenvalue weighted by molar-refractivity contribution is 4.87. The molecule has 3 aliphatic rings. The average Bonchev–Trinajstić information content (AvgIpc) is 3.31. The predicted octanol–water partition coefficient (Wildman–Crippen LogP) is 5.35. The molecule has 2 saturated carbocycles. The molecule has 3 rings (SSSR count). The third-order valence-electron chi connectivity index (χ3n) is 3.70. The first kappa shape index (κ1) is 18.9. The summed E-state index contributed by atoms with van der Waals surface area (Å²) in [6.45, 7) is 6.78. The molecule has 2 aliphatic carbocycles. The molecule has 0 aromatic rings. The summed E-state index contributed by atoms with van der Waals surface area (Å²) in [6.07, 6.45) is 15.9. The van der Waals surface area contributed by atoms with Crippen molar-refractivity contribution in [3.05, 3.63) is 0 Å². The Kier molecular flexibility index (Phi) is 14.3. The summed E-state index contributed by atoms with van der Waals surface area (Å²) in [5.74, 6) is 0. The van der Waals surface area contributed by atoms with Crippen LogP contribution in [-0.4, -0.2) is 25.9 Å². The van der Waals surface area contributed by atoms with E-state index >= 15 is 0 Å². The van der Waals surface area contributed by atoms with Crippen LogP contribution in [0.3, 0.4) is 0 Å². The van der Waals surface area contributed by atoms with Crippen molar-refractivity contribution in [3.63, 3.8) is 0 Å². The fourth-order valence-corrected chi connectivity index (χ4v) is 2.44. The van der Waals surface area contributed by atoms with E-state index in [9.17, 15) is 0 Å². The van der Waals surface area contributed by atoms with Crippen LogP contribution in [0.1, 0.15) is 85.0 Å². The molecule has 2 atom stereocenters. The molecule has 0 N–H and O–H groups in total. The van der Waals surface area contributed by atoms with E-state index in [-0.39, 0.29) is 0 Å². The molecule has 3 fully saturated rings. The lowest BCUT2D eigenvalue weighted by Gasteiger charge is -2.05. The number of fused-ring (bicyclic) bond motifs is 1. The highest BCUT2D eigenvalue weighted by Crippen LogP contribution is 2.35. The monoisotopic (exact) mass is 272 g/mol. The largest absolute Gasteiger partial charge is 0.385 e. The van der Waals surface area contributed by atoms with Crippen LogP contribution in [0.4, 0.5) is 0 Å². The van der Waals surface area contributed by atoms with Gasteiger partial charge in [0, 0.05) is 13.7 Å². The van der Waals surface area contributed by atoms with Gasteiger partial charge in [-0.2, -0.15) is 0 Å². The van der Waals surface area contributed by atoms with Gasteiger partial charge in [0.1, 0.15) is 0 Å². The van der Waals surface area contributed by atoms with Crippen LogP contribution >= 0.6 is 0 Å². The van der Waals surface area contributed by atoms with Crippen molar-refractivity contribution in [2.75, 3.05) is 13.7 Å². The van der Waals surface area contributed by atoms with Gasteiger partial charge < -0.3 is 9.47 Å². The summed E-state index contributed by atoms with van der Waals surface area (Å²) >= 11 is 0. The molecule has 0 aromatic heterocycles. The smallest absolute Gasteiger partial charge is 0.0841 e. The third-order valence-corrected chi connectivity index (χ3v) is 3.70. The summed E-state index contributed by atoms with van der Waals surface area (Å²) in [4.78, 5) is 0. The molecule has 116 valence electrons. The van der Waals surface area contributed by atoms with Crippen molar-refractivity contribution in [2.24, 2.45) is 0 Å². The summed E-state index contributed by atoms with van der Waals surface area (Å²) in [5.41, 5.74) is 0. The van der Waals surface area contributed by atoms with Gasteiger partial charge in [-0.25, -0.2) is 0 Å². The second-order valence-corrected chi connectivity index (χ2v) is 5.20. The Hall–Kier alpha value is -0.0800. The minimum atomic E-state index is 0.703. The Bertz CT molecular complexity index is 143. The lowest BCUT2D eigenvalue weighted by Crippen LogP contribution is -2.00. The van der Waals surface area contributed by atoms with Crippen LogP contribution in [0, 0.1) is 0 Å². The molecule has 0 aromatic carbocycles. The molecule has 0 amide bonds. The standard InChI is InChI=1S/C6H10O.C6H12.C3H8O.C2H6/c1-2-4-6-5(3-1)7-6;1-2-4-6-5-3-1;1-3-4-2;1-2/h5-6H,1-4H2;1-6H2;3H2,1-2H3;1-2H3. The lowest BCUT2D eigenvalue weighted by molar-refractivity contribution is 0.215. The van der Waals surface area contributed by atoms with Gasteiger partial charge in [-0.15, -0.1) is 0 Å². The second-order valence-electron chi connectivity index (χ2n) is 5.20. The lowest BCUT2D eigenvalue weighted by atomic mass is 10.0. The predicted molar refractivity (Wildman–Crippen MR) is 83.7 cm³/mol. The van der Waals surface area contributed by atoms with Crippen molar-refractivity contribution in [3.8, 4) is 0 Å². The number of hydrogen-bond acceptors (Lipinski definition) is 2. The molecule has 0 spiro atoms. The van der Waals surface area contributed by atoms with E-state index in [1.54, 1.807) is 7.11 Å². The molecular formula is C17H36O2. The SMILES string of the molecule is C1CCC2OC2C1.C1CCCCC1.CC.CCOC. The fraction of sp³-hybridized carbons (Fsp3) is 1.00. The van der Waals surface area contributed by atoms with Gasteiger partial charge in [0.05, 0.1) is 12.2 Å².